The van der Waals surface area contributed by atoms with Crippen LogP contribution in [0.5, 0.6) is 5.75 Å². The molecule has 0 saturated carbocycles. The summed E-state index contributed by atoms with van der Waals surface area (Å²) >= 11 is 0. The van der Waals surface area contributed by atoms with Crippen molar-refractivity contribution < 1.29 is 19.4 Å². The number of hydrogen-bond acceptors (Lipinski definition) is 3. The lowest BCUT2D eigenvalue weighted by Gasteiger charge is -2.16. The number of aryl methyl sites for hydroxylation is 1. The van der Waals surface area contributed by atoms with Gasteiger partial charge in [-0.15, -0.1) is 0 Å². The molecule has 110 valence electrons. The summed E-state index contributed by atoms with van der Waals surface area (Å²) in [6.45, 7) is 3.70. The van der Waals surface area contributed by atoms with E-state index < -0.39 is 12.0 Å². The average molecular weight is 280 g/mol. The molecule has 3 N–H and O–H groups in total. The lowest BCUT2D eigenvalue weighted by atomic mass is 10.1. The van der Waals surface area contributed by atoms with Crippen molar-refractivity contribution in [3.8, 4) is 5.75 Å². The van der Waals surface area contributed by atoms with Gasteiger partial charge in [-0.3, -0.25) is 4.79 Å². The number of carbonyl (C=O) groups excluding carboxylic acids is 1. The zero-order valence-corrected chi connectivity index (χ0v) is 11.9. The minimum absolute atomic E-state index is 0.0917. The number of ether oxygens (including phenoxy) is 1. The van der Waals surface area contributed by atoms with E-state index in [2.05, 4.69) is 10.6 Å². The molecule has 6 nitrogen and oxygen atoms in total. The Labute approximate surface area is 118 Å². The Morgan fingerprint density at radius 2 is 2.10 bits per heavy atom. The first-order valence-electron chi connectivity index (χ1n) is 6.40. The van der Waals surface area contributed by atoms with Crippen molar-refractivity contribution in [3.05, 3.63) is 23.8 Å². The van der Waals surface area contributed by atoms with Crippen LogP contribution in [0.3, 0.4) is 0 Å². The van der Waals surface area contributed by atoms with Crippen LogP contribution in [0.2, 0.25) is 0 Å². The van der Waals surface area contributed by atoms with E-state index in [4.69, 9.17) is 9.84 Å². The molecule has 0 heterocycles. The van der Waals surface area contributed by atoms with E-state index in [0.29, 0.717) is 12.1 Å². The maximum absolute atomic E-state index is 11.8. The molecule has 0 saturated heterocycles. The molecular formula is C14H20N2O4. The number of carbonyl (C=O) groups is 2. The fourth-order valence-electron chi connectivity index (χ4n) is 1.82. The Hall–Kier alpha value is -2.24. The van der Waals surface area contributed by atoms with Crippen molar-refractivity contribution in [2.24, 2.45) is 0 Å². The van der Waals surface area contributed by atoms with Crippen LogP contribution in [0.25, 0.3) is 0 Å². The molecular weight excluding hydrogens is 260 g/mol. The summed E-state index contributed by atoms with van der Waals surface area (Å²) in [5.41, 5.74) is 1.54. The molecule has 1 aromatic carbocycles. The largest absolute Gasteiger partial charge is 0.496 e. The predicted molar refractivity (Wildman–Crippen MR) is 76.2 cm³/mol. The van der Waals surface area contributed by atoms with E-state index in [0.717, 1.165) is 11.3 Å². The molecule has 2 amide bonds. The van der Waals surface area contributed by atoms with Gasteiger partial charge in [-0.05, 0) is 37.1 Å². The Morgan fingerprint density at radius 3 is 2.60 bits per heavy atom. The topological polar surface area (TPSA) is 87.7 Å². The van der Waals surface area contributed by atoms with E-state index in [1.165, 1.54) is 0 Å². The van der Waals surface area contributed by atoms with Gasteiger partial charge < -0.3 is 20.5 Å². The monoisotopic (exact) mass is 280 g/mol. The molecule has 0 aromatic heterocycles. The zero-order chi connectivity index (χ0) is 15.1. The molecule has 0 radical (unpaired) electrons. The fourth-order valence-corrected chi connectivity index (χ4v) is 1.82. The number of benzene rings is 1. The van der Waals surface area contributed by atoms with Gasteiger partial charge in [-0.1, -0.05) is 6.92 Å². The summed E-state index contributed by atoms with van der Waals surface area (Å²) in [6.07, 6.45) is 0.465. The Kier molecular flexibility index (Phi) is 5.83. The lowest BCUT2D eigenvalue weighted by Crippen LogP contribution is -2.38. The van der Waals surface area contributed by atoms with Crippen LogP contribution in [-0.4, -0.2) is 30.3 Å². The van der Waals surface area contributed by atoms with Gasteiger partial charge in [0, 0.05) is 11.7 Å². The van der Waals surface area contributed by atoms with Crippen molar-refractivity contribution in [1.29, 1.82) is 0 Å². The highest BCUT2D eigenvalue weighted by Gasteiger charge is 2.14. The van der Waals surface area contributed by atoms with Gasteiger partial charge in [0.2, 0.25) is 0 Å². The lowest BCUT2D eigenvalue weighted by molar-refractivity contribution is -0.137. The highest BCUT2D eigenvalue weighted by Crippen LogP contribution is 2.21. The number of methoxy groups -OCH3 is 1. The smallest absolute Gasteiger partial charge is 0.319 e. The third kappa shape index (κ3) is 4.79. The molecule has 0 aliphatic carbocycles. The molecule has 1 unspecified atom stereocenters. The predicted octanol–water partition coefficient (Wildman–Crippen LogP) is 2.38. The van der Waals surface area contributed by atoms with Gasteiger partial charge >= 0.3 is 12.0 Å². The summed E-state index contributed by atoms with van der Waals surface area (Å²) in [7, 11) is 1.58. The van der Waals surface area contributed by atoms with Crippen molar-refractivity contribution in [2.45, 2.75) is 32.7 Å². The number of anilines is 1. The van der Waals surface area contributed by atoms with Gasteiger partial charge in [-0.25, -0.2) is 4.79 Å². The highest BCUT2D eigenvalue weighted by molar-refractivity contribution is 5.90. The maximum Gasteiger partial charge on any atom is 0.319 e. The standard InChI is InChI=1S/C14H20N2O4/c1-4-10(8-13(17)18)15-14(19)16-11-5-6-12(20-3)9(2)7-11/h5-7,10H,4,8H2,1-3H3,(H,17,18)(H2,15,16,19). The van der Waals surface area contributed by atoms with Crippen LogP contribution in [-0.2, 0) is 4.79 Å². The van der Waals surface area contributed by atoms with E-state index in [9.17, 15) is 9.59 Å². The zero-order valence-electron chi connectivity index (χ0n) is 11.9. The first kappa shape index (κ1) is 15.8. The summed E-state index contributed by atoms with van der Waals surface area (Å²) in [4.78, 5) is 22.4. The summed E-state index contributed by atoms with van der Waals surface area (Å²) in [6, 6.07) is 4.48. The van der Waals surface area contributed by atoms with Crippen LogP contribution >= 0.6 is 0 Å². The third-order valence-electron chi connectivity index (χ3n) is 2.90. The molecule has 0 aliphatic rings. The highest BCUT2D eigenvalue weighted by atomic mass is 16.5. The van der Waals surface area contributed by atoms with Crippen LogP contribution in [0.1, 0.15) is 25.3 Å². The number of hydrogen-bond donors (Lipinski definition) is 3. The normalized spacial score (nSPS) is 11.6. The van der Waals surface area contributed by atoms with Gasteiger partial charge in [0.1, 0.15) is 5.75 Å². The van der Waals surface area contributed by atoms with Crippen LogP contribution in [0, 0.1) is 6.92 Å². The second kappa shape index (κ2) is 7.37. The molecule has 0 aliphatic heterocycles. The number of nitrogens with one attached hydrogen (secondary N) is 2. The first-order chi connectivity index (χ1) is 9.46. The van der Waals surface area contributed by atoms with Gasteiger partial charge in [0.15, 0.2) is 0 Å². The molecule has 1 atom stereocenters. The number of aliphatic carboxylic acids is 1. The molecule has 1 rings (SSSR count). The first-order valence-corrected chi connectivity index (χ1v) is 6.40. The van der Waals surface area contributed by atoms with Crippen LogP contribution in [0.15, 0.2) is 18.2 Å². The molecule has 0 spiro atoms. The summed E-state index contributed by atoms with van der Waals surface area (Å²) in [5.74, 6) is -0.189. The van der Waals surface area contributed by atoms with Crippen molar-refractivity contribution in [1.82, 2.24) is 5.32 Å². The summed E-state index contributed by atoms with van der Waals surface area (Å²) < 4.78 is 5.14. The number of rotatable bonds is 6. The second-order valence-electron chi connectivity index (χ2n) is 4.49. The van der Waals surface area contributed by atoms with E-state index >= 15 is 0 Å². The van der Waals surface area contributed by atoms with E-state index in [-0.39, 0.29) is 12.5 Å². The van der Waals surface area contributed by atoms with Crippen molar-refractivity contribution in [2.75, 3.05) is 12.4 Å². The van der Waals surface area contributed by atoms with Gasteiger partial charge in [0.25, 0.3) is 0 Å². The second-order valence-corrected chi connectivity index (χ2v) is 4.49. The van der Waals surface area contributed by atoms with Crippen molar-refractivity contribution in [3.63, 3.8) is 0 Å². The maximum atomic E-state index is 11.8. The number of amides is 2. The number of carboxylic acid groups (broad SMARTS) is 1. The molecule has 1 aromatic rings. The SMILES string of the molecule is CCC(CC(=O)O)NC(=O)Nc1ccc(OC)c(C)c1. The minimum atomic E-state index is -0.933. The molecule has 0 bridgehead atoms. The fraction of sp³-hybridized carbons (Fsp3) is 0.429. The Morgan fingerprint density at radius 1 is 1.40 bits per heavy atom. The summed E-state index contributed by atoms with van der Waals surface area (Å²) in [5, 5.41) is 14.0. The molecule has 20 heavy (non-hydrogen) atoms. The molecule has 0 fully saturated rings. The van der Waals surface area contributed by atoms with Crippen LogP contribution < -0.4 is 15.4 Å². The van der Waals surface area contributed by atoms with Crippen molar-refractivity contribution >= 4 is 17.7 Å². The Bertz CT molecular complexity index is 488. The third-order valence-corrected chi connectivity index (χ3v) is 2.90. The average Bonchev–Trinajstić information content (AvgIpc) is 2.37. The number of urea groups is 1. The Balaban J connectivity index is 2.61. The molecule has 6 heteroatoms. The van der Waals surface area contributed by atoms with E-state index in [1.807, 2.05) is 13.8 Å². The van der Waals surface area contributed by atoms with Gasteiger partial charge in [-0.2, -0.15) is 0 Å². The van der Waals surface area contributed by atoms with Gasteiger partial charge in [0.05, 0.1) is 13.5 Å². The van der Waals surface area contributed by atoms with E-state index in [1.54, 1.807) is 25.3 Å². The minimum Gasteiger partial charge on any atom is -0.496 e. The van der Waals surface area contributed by atoms with Crippen LogP contribution in [0.4, 0.5) is 10.5 Å². The quantitative estimate of drug-likeness (QED) is 0.746. The number of carboxylic acids is 1.